The molecule has 0 aromatic rings. The lowest BCUT2D eigenvalue weighted by Gasteiger charge is -1.72. The number of nitrogens with zero attached hydrogens (tertiary/aromatic N) is 1. The monoisotopic (exact) mass is 111 g/mol. The lowest BCUT2D eigenvalue weighted by atomic mass is 10.5. The highest BCUT2D eigenvalue weighted by Crippen LogP contribution is 1.69. The zero-order valence-electron chi connectivity index (χ0n) is 5.09. The van der Waals surface area contributed by atoms with Gasteiger partial charge >= 0.3 is 0 Å². The molecule has 0 aromatic heterocycles. The van der Waals surface area contributed by atoms with Crippen LogP contribution in [0.2, 0.25) is 0 Å². The molecule has 0 aliphatic heterocycles. The minimum Gasteiger partial charge on any atom is -0.273 e. The molecule has 0 aliphatic carbocycles. The summed E-state index contributed by atoms with van der Waals surface area (Å²) in [5.74, 6) is -0.164. The molecule has 0 unspecified atom stereocenters. The van der Waals surface area contributed by atoms with E-state index >= 15 is 0 Å². The van der Waals surface area contributed by atoms with E-state index in [0.29, 0.717) is 0 Å². The van der Waals surface area contributed by atoms with Crippen LogP contribution in [-0.2, 0) is 4.79 Å². The molecule has 0 spiro atoms. The SMILES string of the molecule is C/C=C\C=N/C(C)=O. The number of carbonyl (C=O) groups excluding carboxylic acids is 1. The third-order valence-corrected chi connectivity index (χ3v) is 0.535. The van der Waals surface area contributed by atoms with E-state index in [9.17, 15) is 4.79 Å². The molecule has 2 heteroatoms. The first-order chi connectivity index (χ1) is 3.77. The molecule has 0 N–H and O–H groups in total. The Balaban J connectivity index is 3.50. The molecule has 0 bridgehead atoms. The second-order valence-electron chi connectivity index (χ2n) is 1.32. The minimum atomic E-state index is -0.164. The molecule has 8 heavy (non-hydrogen) atoms. The Hall–Kier alpha value is -0.920. The van der Waals surface area contributed by atoms with Crippen LogP contribution in [0.25, 0.3) is 0 Å². The fourth-order valence-corrected chi connectivity index (χ4v) is 0.234. The summed E-state index contributed by atoms with van der Waals surface area (Å²) >= 11 is 0. The van der Waals surface area contributed by atoms with Gasteiger partial charge in [0.25, 0.3) is 0 Å². The fraction of sp³-hybridized carbons (Fsp3) is 0.333. The zero-order chi connectivity index (χ0) is 6.41. The molecule has 0 aliphatic rings. The number of allylic oxidation sites excluding steroid dienone is 2. The Bertz CT molecular complexity index is 124. The van der Waals surface area contributed by atoms with Gasteiger partial charge < -0.3 is 0 Å². The smallest absolute Gasteiger partial charge is 0.242 e. The molecule has 0 saturated carbocycles. The Labute approximate surface area is 48.9 Å². The van der Waals surface area contributed by atoms with Gasteiger partial charge in [0.1, 0.15) is 0 Å². The molecule has 0 saturated heterocycles. The van der Waals surface area contributed by atoms with E-state index in [1.165, 1.54) is 13.1 Å². The molecule has 0 heterocycles. The quantitative estimate of drug-likeness (QED) is 0.467. The van der Waals surface area contributed by atoms with E-state index in [0.717, 1.165) is 0 Å². The number of hydrogen-bond acceptors (Lipinski definition) is 1. The van der Waals surface area contributed by atoms with Crippen molar-refractivity contribution in [3.8, 4) is 0 Å². The summed E-state index contributed by atoms with van der Waals surface area (Å²) in [5.41, 5.74) is 0. The number of carbonyl (C=O) groups is 1. The molecule has 44 valence electrons. The molecular weight excluding hydrogens is 102 g/mol. The molecule has 0 atom stereocenters. The molecule has 0 rings (SSSR count). The summed E-state index contributed by atoms with van der Waals surface area (Å²) in [5, 5.41) is 0. The van der Waals surface area contributed by atoms with Crippen LogP contribution in [0.3, 0.4) is 0 Å². The van der Waals surface area contributed by atoms with Crippen molar-refractivity contribution < 1.29 is 4.79 Å². The fourth-order valence-electron chi connectivity index (χ4n) is 0.234. The maximum Gasteiger partial charge on any atom is 0.242 e. The Morgan fingerprint density at radius 1 is 1.62 bits per heavy atom. The standard InChI is InChI=1S/C6H9NO/c1-3-4-5-7-6(2)8/h3-5H,1-2H3/b4-3-,7-5-. The molecule has 0 fully saturated rings. The van der Waals surface area contributed by atoms with Gasteiger partial charge in [0.05, 0.1) is 0 Å². The van der Waals surface area contributed by atoms with Gasteiger partial charge in [-0.3, -0.25) is 4.79 Å². The second kappa shape index (κ2) is 4.24. The van der Waals surface area contributed by atoms with E-state index in [4.69, 9.17) is 0 Å². The first kappa shape index (κ1) is 7.08. The Morgan fingerprint density at radius 3 is 2.62 bits per heavy atom. The summed E-state index contributed by atoms with van der Waals surface area (Å²) in [4.78, 5) is 13.6. The van der Waals surface area contributed by atoms with Crippen LogP contribution in [0.1, 0.15) is 13.8 Å². The number of rotatable bonds is 1. The Morgan fingerprint density at radius 2 is 2.25 bits per heavy atom. The average Bonchev–Trinajstić information content (AvgIpc) is 1.66. The third-order valence-electron chi connectivity index (χ3n) is 0.535. The number of hydrogen-bond donors (Lipinski definition) is 0. The van der Waals surface area contributed by atoms with Crippen LogP contribution in [0.15, 0.2) is 17.1 Å². The summed E-state index contributed by atoms with van der Waals surface area (Å²) in [7, 11) is 0. The van der Waals surface area contributed by atoms with Gasteiger partial charge in [-0.1, -0.05) is 6.08 Å². The van der Waals surface area contributed by atoms with Gasteiger partial charge in [0, 0.05) is 13.1 Å². The molecule has 0 aromatic carbocycles. The molecular formula is C6H9NO. The maximum atomic E-state index is 10.1. The zero-order valence-corrected chi connectivity index (χ0v) is 5.09. The van der Waals surface area contributed by atoms with E-state index in [1.54, 1.807) is 6.08 Å². The van der Waals surface area contributed by atoms with Gasteiger partial charge in [-0.25, -0.2) is 4.99 Å². The number of amides is 1. The largest absolute Gasteiger partial charge is 0.273 e. The van der Waals surface area contributed by atoms with Gasteiger partial charge in [0.15, 0.2) is 0 Å². The van der Waals surface area contributed by atoms with Crippen molar-refractivity contribution in [2.45, 2.75) is 13.8 Å². The maximum absolute atomic E-state index is 10.1. The van der Waals surface area contributed by atoms with E-state index in [1.807, 2.05) is 13.0 Å². The molecule has 0 radical (unpaired) electrons. The first-order valence-corrected chi connectivity index (χ1v) is 2.43. The number of aliphatic imine (C=N–C) groups is 1. The minimum absolute atomic E-state index is 0.164. The highest BCUT2D eigenvalue weighted by atomic mass is 16.1. The average molecular weight is 111 g/mol. The van der Waals surface area contributed by atoms with Gasteiger partial charge in [0.2, 0.25) is 5.91 Å². The van der Waals surface area contributed by atoms with Crippen LogP contribution < -0.4 is 0 Å². The normalized spacial score (nSPS) is 11.2. The predicted molar refractivity (Wildman–Crippen MR) is 34.0 cm³/mol. The van der Waals surface area contributed by atoms with Crippen molar-refractivity contribution in [3.63, 3.8) is 0 Å². The summed E-state index contributed by atoms with van der Waals surface area (Å²) in [6, 6.07) is 0. The summed E-state index contributed by atoms with van der Waals surface area (Å²) < 4.78 is 0. The highest BCUT2D eigenvalue weighted by Gasteiger charge is 1.75. The van der Waals surface area contributed by atoms with Crippen LogP contribution >= 0.6 is 0 Å². The van der Waals surface area contributed by atoms with Crippen molar-refractivity contribution in [2.75, 3.05) is 0 Å². The van der Waals surface area contributed by atoms with E-state index in [2.05, 4.69) is 4.99 Å². The first-order valence-electron chi connectivity index (χ1n) is 2.43. The van der Waals surface area contributed by atoms with Gasteiger partial charge in [-0.15, -0.1) is 0 Å². The van der Waals surface area contributed by atoms with E-state index in [-0.39, 0.29) is 5.91 Å². The highest BCUT2D eigenvalue weighted by molar-refractivity contribution is 5.86. The van der Waals surface area contributed by atoms with Gasteiger partial charge in [-0.05, 0) is 13.0 Å². The van der Waals surface area contributed by atoms with Crippen molar-refractivity contribution in [2.24, 2.45) is 4.99 Å². The summed E-state index contributed by atoms with van der Waals surface area (Å²) in [6.07, 6.45) is 5.00. The lowest BCUT2D eigenvalue weighted by molar-refractivity contribution is -0.115. The van der Waals surface area contributed by atoms with Crippen LogP contribution in [0.5, 0.6) is 0 Å². The third kappa shape index (κ3) is 5.08. The van der Waals surface area contributed by atoms with Crippen molar-refractivity contribution in [1.82, 2.24) is 0 Å². The predicted octanol–water partition coefficient (Wildman–Crippen LogP) is 1.18. The van der Waals surface area contributed by atoms with E-state index < -0.39 is 0 Å². The van der Waals surface area contributed by atoms with Crippen LogP contribution in [0, 0.1) is 0 Å². The van der Waals surface area contributed by atoms with Crippen molar-refractivity contribution in [3.05, 3.63) is 12.2 Å². The molecule has 1 amide bonds. The van der Waals surface area contributed by atoms with Gasteiger partial charge in [-0.2, -0.15) is 0 Å². The summed E-state index contributed by atoms with van der Waals surface area (Å²) in [6.45, 7) is 3.28. The Kier molecular flexibility index (Phi) is 3.76. The molecule has 2 nitrogen and oxygen atoms in total. The van der Waals surface area contributed by atoms with Crippen LogP contribution in [-0.4, -0.2) is 12.1 Å². The van der Waals surface area contributed by atoms with Crippen molar-refractivity contribution in [1.29, 1.82) is 0 Å². The lowest BCUT2D eigenvalue weighted by Crippen LogP contribution is -1.80. The van der Waals surface area contributed by atoms with Crippen LogP contribution in [0.4, 0.5) is 0 Å². The van der Waals surface area contributed by atoms with Crippen molar-refractivity contribution >= 4 is 12.1 Å². The second-order valence-corrected chi connectivity index (χ2v) is 1.32. The topological polar surface area (TPSA) is 29.4 Å².